The molecule has 0 unspecified atom stereocenters. The smallest absolute Gasteiger partial charge is 0.330 e. The van der Waals surface area contributed by atoms with E-state index in [9.17, 15) is 18.3 Å². The molecule has 2 amide bonds. The molecule has 7 heteroatoms. The summed E-state index contributed by atoms with van der Waals surface area (Å²) < 4.78 is 26.0. The Morgan fingerprint density at radius 3 is 2.29 bits per heavy atom. The second kappa shape index (κ2) is 6.03. The third kappa shape index (κ3) is 4.18. The van der Waals surface area contributed by atoms with Crippen LogP contribution in [0.5, 0.6) is 0 Å². The van der Waals surface area contributed by atoms with Crippen molar-refractivity contribution in [3.8, 4) is 0 Å². The summed E-state index contributed by atoms with van der Waals surface area (Å²) in [6.45, 7) is 1.84. The van der Waals surface area contributed by atoms with Gasteiger partial charge in [0.25, 0.3) is 10.0 Å². The Balaban J connectivity index is 2.02. The largest absolute Gasteiger partial charge is 0.371 e. The van der Waals surface area contributed by atoms with Crippen LogP contribution < -0.4 is 10.0 Å². The van der Waals surface area contributed by atoms with E-state index >= 15 is 0 Å². The molecule has 0 saturated heterocycles. The Morgan fingerprint density at radius 2 is 1.71 bits per heavy atom. The highest BCUT2D eigenvalue weighted by Crippen LogP contribution is 2.25. The number of nitrogens with one attached hydrogen (secondary N) is 2. The van der Waals surface area contributed by atoms with Crippen molar-refractivity contribution < 1.29 is 18.3 Å². The van der Waals surface area contributed by atoms with Gasteiger partial charge in [-0.25, -0.2) is 17.9 Å². The van der Waals surface area contributed by atoms with Gasteiger partial charge in [0.05, 0.1) is 4.90 Å². The number of hydrogen-bond acceptors (Lipinski definition) is 4. The molecular formula is C14H20N2O4S. The van der Waals surface area contributed by atoms with Crippen molar-refractivity contribution in [3.05, 3.63) is 29.8 Å². The summed E-state index contributed by atoms with van der Waals surface area (Å²) in [5.41, 5.74) is -0.389. The highest BCUT2D eigenvalue weighted by Gasteiger charge is 2.32. The Bertz CT molecular complexity index is 604. The van der Waals surface area contributed by atoms with E-state index in [4.69, 9.17) is 0 Å². The Labute approximate surface area is 124 Å². The molecule has 0 atom stereocenters. The van der Waals surface area contributed by atoms with Crippen molar-refractivity contribution in [1.29, 1.82) is 0 Å². The van der Waals surface area contributed by atoms with Gasteiger partial charge in [-0.3, -0.25) is 0 Å². The highest BCUT2D eigenvalue weighted by molar-refractivity contribution is 7.90. The van der Waals surface area contributed by atoms with Crippen LogP contribution in [0.2, 0.25) is 0 Å². The number of aliphatic hydroxyl groups is 1. The van der Waals surface area contributed by atoms with Gasteiger partial charge < -0.3 is 10.4 Å². The molecule has 0 radical (unpaired) electrons. The second-order valence-electron chi connectivity index (χ2n) is 5.46. The quantitative estimate of drug-likeness (QED) is 0.739. The Morgan fingerprint density at radius 1 is 1.14 bits per heavy atom. The van der Waals surface area contributed by atoms with Crippen LogP contribution in [0.1, 0.15) is 37.7 Å². The van der Waals surface area contributed by atoms with Gasteiger partial charge >= 0.3 is 6.03 Å². The number of sulfonamides is 1. The SMILES string of the molecule is Cc1ccc(S(=O)(=O)NC(=O)NC2(O)CCCCC2)cc1. The van der Waals surface area contributed by atoms with Crippen molar-refractivity contribution in [1.82, 2.24) is 10.0 Å². The van der Waals surface area contributed by atoms with Gasteiger partial charge in [-0.05, 0) is 44.7 Å². The van der Waals surface area contributed by atoms with Crippen LogP contribution in [-0.4, -0.2) is 25.3 Å². The molecule has 1 aliphatic rings. The van der Waals surface area contributed by atoms with Crippen LogP contribution in [0.3, 0.4) is 0 Å². The van der Waals surface area contributed by atoms with E-state index < -0.39 is 21.8 Å². The third-order valence-electron chi connectivity index (χ3n) is 3.59. The van der Waals surface area contributed by atoms with Gasteiger partial charge in [-0.15, -0.1) is 0 Å². The van der Waals surface area contributed by atoms with Crippen molar-refractivity contribution in [2.24, 2.45) is 0 Å². The maximum Gasteiger partial charge on any atom is 0.330 e. The summed E-state index contributed by atoms with van der Waals surface area (Å²) in [6.07, 6.45) is 3.49. The minimum atomic E-state index is -3.93. The first-order valence-electron chi connectivity index (χ1n) is 6.95. The molecule has 0 bridgehead atoms. The van der Waals surface area contributed by atoms with Crippen LogP contribution >= 0.6 is 0 Å². The van der Waals surface area contributed by atoms with E-state index in [2.05, 4.69) is 5.32 Å². The third-order valence-corrected chi connectivity index (χ3v) is 4.93. The number of aryl methyl sites for hydroxylation is 1. The van der Waals surface area contributed by atoms with Crippen LogP contribution in [0.25, 0.3) is 0 Å². The highest BCUT2D eigenvalue weighted by atomic mass is 32.2. The minimum absolute atomic E-state index is 0.0129. The normalized spacial score (nSPS) is 18.0. The van der Waals surface area contributed by atoms with Crippen molar-refractivity contribution in [2.75, 3.05) is 0 Å². The van der Waals surface area contributed by atoms with E-state index in [0.29, 0.717) is 12.8 Å². The zero-order chi connectivity index (χ0) is 15.5. The van der Waals surface area contributed by atoms with E-state index in [-0.39, 0.29) is 4.90 Å². The fourth-order valence-electron chi connectivity index (χ4n) is 2.40. The number of amides is 2. The molecule has 0 heterocycles. The molecule has 1 fully saturated rings. The van der Waals surface area contributed by atoms with Gasteiger partial charge in [0, 0.05) is 0 Å². The fourth-order valence-corrected chi connectivity index (χ4v) is 3.30. The number of rotatable bonds is 3. The number of carbonyl (C=O) groups excluding carboxylic acids is 1. The summed E-state index contributed by atoms with van der Waals surface area (Å²) >= 11 is 0. The molecule has 21 heavy (non-hydrogen) atoms. The van der Waals surface area contributed by atoms with Crippen molar-refractivity contribution >= 4 is 16.1 Å². The molecule has 3 N–H and O–H groups in total. The molecule has 2 rings (SSSR count). The minimum Gasteiger partial charge on any atom is -0.371 e. The summed E-state index contributed by atoms with van der Waals surface area (Å²) in [7, 11) is -3.93. The molecular weight excluding hydrogens is 292 g/mol. The molecule has 6 nitrogen and oxygen atoms in total. The monoisotopic (exact) mass is 312 g/mol. The first-order valence-corrected chi connectivity index (χ1v) is 8.43. The molecule has 0 spiro atoms. The van der Waals surface area contributed by atoms with Crippen LogP contribution in [0.15, 0.2) is 29.2 Å². The zero-order valence-corrected chi connectivity index (χ0v) is 12.7. The van der Waals surface area contributed by atoms with Crippen molar-refractivity contribution in [2.45, 2.75) is 49.6 Å². The Kier molecular flexibility index (Phi) is 4.53. The lowest BCUT2D eigenvalue weighted by molar-refractivity contribution is -0.0160. The van der Waals surface area contributed by atoms with E-state index in [0.717, 1.165) is 24.8 Å². The molecule has 0 aromatic heterocycles. The maximum absolute atomic E-state index is 12.0. The van der Waals surface area contributed by atoms with Gasteiger partial charge in [0.2, 0.25) is 0 Å². The summed E-state index contributed by atoms with van der Waals surface area (Å²) in [5, 5.41) is 12.5. The molecule has 1 aliphatic carbocycles. The van der Waals surface area contributed by atoms with E-state index in [1.54, 1.807) is 12.1 Å². The number of carbonyl (C=O) groups is 1. The molecule has 1 aromatic rings. The fraction of sp³-hybridized carbons (Fsp3) is 0.500. The lowest BCUT2D eigenvalue weighted by Gasteiger charge is -2.32. The predicted molar refractivity (Wildman–Crippen MR) is 78.1 cm³/mol. The Hall–Kier alpha value is -1.60. The maximum atomic E-state index is 12.0. The van der Waals surface area contributed by atoms with Gasteiger partial charge in [-0.2, -0.15) is 0 Å². The van der Waals surface area contributed by atoms with Gasteiger partial charge in [0.1, 0.15) is 5.72 Å². The van der Waals surface area contributed by atoms with Crippen LogP contribution in [-0.2, 0) is 10.0 Å². The first kappa shape index (κ1) is 15.8. The summed E-state index contributed by atoms with van der Waals surface area (Å²) in [5.74, 6) is 0. The summed E-state index contributed by atoms with van der Waals surface area (Å²) in [6, 6.07) is 5.27. The molecule has 1 aromatic carbocycles. The standard InChI is InChI=1S/C14H20N2O4S/c1-11-5-7-12(8-6-11)21(19,20)16-13(17)15-14(18)9-3-2-4-10-14/h5-8,18H,2-4,9-10H2,1H3,(H2,15,16,17). The average Bonchev–Trinajstić information content (AvgIpc) is 2.38. The number of benzene rings is 1. The molecule has 0 aliphatic heterocycles. The number of urea groups is 1. The van der Waals surface area contributed by atoms with E-state index in [1.165, 1.54) is 12.1 Å². The zero-order valence-electron chi connectivity index (χ0n) is 11.9. The average molecular weight is 312 g/mol. The molecule has 1 saturated carbocycles. The van der Waals surface area contributed by atoms with Crippen LogP contribution in [0, 0.1) is 6.92 Å². The predicted octanol–water partition coefficient (Wildman–Crippen LogP) is 1.64. The van der Waals surface area contributed by atoms with Crippen LogP contribution in [0.4, 0.5) is 4.79 Å². The van der Waals surface area contributed by atoms with Crippen molar-refractivity contribution in [3.63, 3.8) is 0 Å². The van der Waals surface area contributed by atoms with Gasteiger partial charge in [0.15, 0.2) is 0 Å². The van der Waals surface area contributed by atoms with Gasteiger partial charge in [-0.1, -0.05) is 24.1 Å². The topological polar surface area (TPSA) is 95.5 Å². The second-order valence-corrected chi connectivity index (χ2v) is 7.15. The van der Waals surface area contributed by atoms with E-state index in [1.807, 2.05) is 11.6 Å². The molecule has 116 valence electrons. The lowest BCUT2D eigenvalue weighted by Crippen LogP contribution is -2.54. The lowest BCUT2D eigenvalue weighted by atomic mass is 9.92. The first-order chi connectivity index (χ1) is 9.81. The summed E-state index contributed by atoms with van der Waals surface area (Å²) in [4.78, 5) is 11.8. The number of hydrogen-bond donors (Lipinski definition) is 3.